The summed E-state index contributed by atoms with van der Waals surface area (Å²) in [6.45, 7) is 1.88. The second kappa shape index (κ2) is 7.16. The van der Waals surface area contributed by atoms with E-state index in [2.05, 4.69) is 25.8 Å². The number of fused-ring (bicyclic) bond motifs is 4. The van der Waals surface area contributed by atoms with Crippen LogP contribution in [0, 0.1) is 30.0 Å². The number of nitrogens with zero attached hydrogens (tertiary/aromatic N) is 4. The molecule has 1 aliphatic heterocycles. The molecule has 2 fully saturated rings. The van der Waals surface area contributed by atoms with Crippen molar-refractivity contribution in [2.24, 2.45) is 11.8 Å². The maximum atomic E-state index is 15.9. The van der Waals surface area contributed by atoms with Crippen molar-refractivity contribution in [3.05, 3.63) is 54.2 Å². The lowest BCUT2D eigenvalue weighted by atomic mass is 9.96. The Labute approximate surface area is 185 Å². The Morgan fingerprint density at radius 1 is 1.09 bits per heavy atom. The number of phenols is 1. The van der Waals surface area contributed by atoms with Gasteiger partial charge < -0.3 is 10.0 Å². The van der Waals surface area contributed by atoms with Crippen molar-refractivity contribution in [3.63, 3.8) is 0 Å². The van der Waals surface area contributed by atoms with E-state index in [9.17, 15) is 5.11 Å². The number of terminal acetylenes is 1. The van der Waals surface area contributed by atoms with E-state index >= 15 is 4.39 Å². The molecule has 1 aliphatic carbocycles. The van der Waals surface area contributed by atoms with Gasteiger partial charge in [-0.15, -0.1) is 6.42 Å². The third-order valence-electron chi connectivity index (χ3n) is 6.88. The van der Waals surface area contributed by atoms with Gasteiger partial charge in [0.1, 0.15) is 29.1 Å². The quantitative estimate of drug-likeness (QED) is 0.464. The lowest BCUT2D eigenvalue weighted by molar-refractivity contribution is 0.419. The van der Waals surface area contributed by atoms with Crippen LogP contribution in [0.15, 0.2) is 42.9 Å². The highest BCUT2D eigenvalue weighted by Gasteiger charge is 2.34. The van der Waals surface area contributed by atoms with Gasteiger partial charge in [-0.1, -0.05) is 18.1 Å². The van der Waals surface area contributed by atoms with Gasteiger partial charge >= 0.3 is 0 Å². The van der Waals surface area contributed by atoms with Crippen LogP contribution in [0.1, 0.15) is 24.8 Å². The molecule has 6 heteroatoms. The first-order chi connectivity index (χ1) is 15.6. The highest BCUT2D eigenvalue weighted by molar-refractivity contribution is 6.02. The summed E-state index contributed by atoms with van der Waals surface area (Å²) in [6.07, 6.45) is 12.6. The summed E-state index contributed by atoms with van der Waals surface area (Å²) in [5.41, 5.74) is 1.41. The smallest absolute Gasteiger partial charge is 0.175 e. The van der Waals surface area contributed by atoms with Crippen molar-refractivity contribution in [1.82, 2.24) is 15.0 Å². The Balaban J connectivity index is 1.54. The molecule has 158 valence electrons. The van der Waals surface area contributed by atoms with E-state index in [-0.39, 0.29) is 17.0 Å². The van der Waals surface area contributed by atoms with Crippen LogP contribution in [-0.2, 0) is 0 Å². The summed E-state index contributed by atoms with van der Waals surface area (Å²) in [7, 11) is 0. The number of anilines is 1. The van der Waals surface area contributed by atoms with Crippen LogP contribution >= 0.6 is 0 Å². The summed E-state index contributed by atoms with van der Waals surface area (Å²) < 4.78 is 15.9. The minimum Gasteiger partial charge on any atom is -0.508 e. The number of hydrogen-bond donors (Lipinski definition) is 1. The van der Waals surface area contributed by atoms with E-state index < -0.39 is 5.82 Å². The molecule has 1 saturated carbocycles. The topological polar surface area (TPSA) is 62.1 Å². The van der Waals surface area contributed by atoms with E-state index in [0.717, 1.165) is 24.3 Å². The van der Waals surface area contributed by atoms with E-state index in [1.54, 1.807) is 18.3 Å². The molecule has 2 aromatic heterocycles. The monoisotopic (exact) mass is 424 g/mol. The van der Waals surface area contributed by atoms with Crippen LogP contribution < -0.4 is 4.90 Å². The first-order valence-electron chi connectivity index (χ1n) is 10.9. The number of aromatic hydroxyl groups is 1. The van der Waals surface area contributed by atoms with Gasteiger partial charge in [-0.3, -0.25) is 4.98 Å². The number of aromatic nitrogens is 3. The zero-order valence-corrected chi connectivity index (χ0v) is 17.4. The summed E-state index contributed by atoms with van der Waals surface area (Å²) >= 11 is 0. The number of rotatable bonds is 2. The van der Waals surface area contributed by atoms with Gasteiger partial charge in [0, 0.05) is 35.8 Å². The molecule has 3 heterocycles. The first-order valence-corrected chi connectivity index (χ1v) is 10.9. The molecule has 4 aromatic rings. The Morgan fingerprint density at radius 2 is 1.91 bits per heavy atom. The van der Waals surface area contributed by atoms with Crippen molar-refractivity contribution in [3.8, 4) is 29.4 Å². The molecular weight excluding hydrogens is 403 g/mol. The number of hydrogen-bond acceptors (Lipinski definition) is 5. The molecule has 1 saturated heterocycles. The van der Waals surface area contributed by atoms with Crippen molar-refractivity contribution in [2.45, 2.75) is 19.3 Å². The van der Waals surface area contributed by atoms with Crippen molar-refractivity contribution in [1.29, 1.82) is 0 Å². The van der Waals surface area contributed by atoms with Crippen LogP contribution in [0.4, 0.5) is 10.2 Å². The molecule has 6 rings (SSSR count). The second-order valence-corrected chi connectivity index (χ2v) is 8.87. The molecule has 32 heavy (non-hydrogen) atoms. The first kappa shape index (κ1) is 19.0. The fourth-order valence-electron chi connectivity index (χ4n) is 5.52. The summed E-state index contributed by atoms with van der Waals surface area (Å²) in [5.74, 6) is 4.24. The second-order valence-electron chi connectivity index (χ2n) is 8.87. The minimum atomic E-state index is -0.537. The predicted octanol–water partition coefficient (Wildman–Crippen LogP) is 4.91. The van der Waals surface area contributed by atoms with E-state index in [1.807, 2.05) is 12.1 Å². The Morgan fingerprint density at radius 3 is 2.69 bits per heavy atom. The molecule has 2 aliphatic rings. The van der Waals surface area contributed by atoms with Gasteiger partial charge in [0.05, 0.1) is 5.39 Å². The molecule has 0 amide bonds. The van der Waals surface area contributed by atoms with E-state index in [0.29, 0.717) is 33.7 Å². The van der Waals surface area contributed by atoms with E-state index in [1.165, 1.54) is 31.7 Å². The molecule has 0 spiro atoms. The lowest BCUT2D eigenvalue weighted by Gasteiger charge is -2.33. The Kier molecular flexibility index (Phi) is 4.25. The van der Waals surface area contributed by atoms with Crippen LogP contribution in [0.5, 0.6) is 5.75 Å². The SMILES string of the molecule is C#Cc1cccc2cc(O)cc(-c3ncc4c(N5CC6CCC(C6)C5)ncnc4c3F)c12. The van der Waals surface area contributed by atoms with Gasteiger partial charge in [-0.2, -0.15) is 0 Å². The number of phenolic OH excluding ortho intramolecular Hbond substituents is 1. The molecule has 2 bridgehead atoms. The van der Waals surface area contributed by atoms with Crippen molar-refractivity contribution < 1.29 is 9.50 Å². The molecule has 0 radical (unpaired) electrons. The standard InChI is InChI=1S/C26H21FN4O/c1-2-17-4-3-5-18-9-19(32)10-20(22(17)18)24-23(27)25-21(11-28-24)26(30-14-29-25)31-12-15-6-7-16(8-15)13-31/h1,3-5,9-11,14-16,32H,6-8,12-13H2. The highest BCUT2D eigenvalue weighted by Crippen LogP contribution is 2.40. The zero-order chi connectivity index (χ0) is 21.8. The highest BCUT2D eigenvalue weighted by atomic mass is 19.1. The van der Waals surface area contributed by atoms with Crippen molar-refractivity contribution in [2.75, 3.05) is 18.0 Å². The predicted molar refractivity (Wildman–Crippen MR) is 123 cm³/mol. The molecule has 5 nitrogen and oxygen atoms in total. The molecule has 2 aromatic carbocycles. The minimum absolute atomic E-state index is 0.0233. The summed E-state index contributed by atoms with van der Waals surface area (Å²) in [5, 5.41) is 12.3. The maximum Gasteiger partial charge on any atom is 0.175 e. The fourth-order valence-corrected chi connectivity index (χ4v) is 5.52. The van der Waals surface area contributed by atoms with Gasteiger partial charge in [-0.25, -0.2) is 14.4 Å². The van der Waals surface area contributed by atoms with Crippen molar-refractivity contribution >= 4 is 27.5 Å². The van der Waals surface area contributed by atoms with Gasteiger partial charge in [0.25, 0.3) is 0 Å². The van der Waals surface area contributed by atoms with Gasteiger partial charge in [-0.05, 0) is 54.7 Å². The molecule has 2 atom stereocenters. The average Bonchev–Trinajstić information content (AvgIpc) is 3.15. The number of piperidine rings is 1. The van der Waals surface area contributed by atoms with Crippen LogP contribution in [0.25, 0.3) is 32.9 Å². The zero-order valence-electron chi connectivity index (χ0n) is 17.4. The number of benzene rings is 2. The van der Waals surface area contributed by atoms with Crippen LogP contribution in [0.3, 0.4) is 0 Å². The summed E-state index contributed by atoms with van der Waals surface area (Å²) in [6, 6.07) is 8.57. The average molecular weight is 424 g/mol. The Hall–Kier alpha value is -3.72. The Bertz CT molecular complexity index is 1420. The third-order valence-corrected chi connectivity index (χ3v) is 6.88. The van der Waals surface area contributed by atoms with Gasteiger partial charge in [0.2, 0.25) is 0 Å². The maximum absolute atomic E-state index is 15.9. The molecular formula is C26H21FN4O. The van der Waals surface area contributed by atoms with Crippen LogP contribution in [0.2, 0.25) is 0 Å². The summed E-state index contributed by atoms with van der Waals surface area (Å²) in [4.78, 5) is 15.5. The largest absolute Gasteiger partial charge is 0.508 e. The third kappa shape index (κ3) is 2.89. The van der Waals surface area contributed by atoms with Crippen LogP contribution in [-0.4, -0.2) is 33.1 Å². The molecule has 2 unspecified atom stereocenters. The fraction of sp³-hybridized carbons (Fsp3) is 0.269. The molecule has 1 N–H and O–H groups in total. The van der Waals surface area contributed by atoms with E-state index in [4.69, 9.17) is 6.42 Å². The lowest BCUT2D eigenvalue weighted by Crippen LogP contribution is -2.37. The number of halogens is 1. The van der Waals surface area contributed by atoms with Gasteiger partial charge in [0.15, 0.2) is 5.82 Å². The normalized spacial score (nSPS) is 20.1. The number of pyridine rings is 1.